The fraction of sp³-hybridized carbons (Fsp3) is 0.167. The van der Waals surface area contributed by atoms with E-state index in [9.17, 15) is 10.1 Å². The molecule has 0 saturated carbocycles. The highest BCUT2D eigenvalue weighted by atomic mass is 79.9. The second-order valence-electron chi connectivity index (χ2n) is 3.65. The summed E-state index contributed by atoms with van der Waals surface area (Å²) in [6.07, 6.45) is 6.88. The summed E-state index contributed by atoms with van der Waals surface area (Å²) in [4.78, 5) is 11.7. The predicted octanol–water partition coefficient (Wildman–Crippen LogP) is 3.12. The largest absolute Gasteiger partial charge is 0.347 e. The van der Waals surface area contributed by atoms with E-state index < -0.39 is 4.92 Å². The number of rotatable bonds is 3. The van der Waals surface area contributed by atoms with Crippen molar-refractivity contribution in [3.05, 3.63) is 62.9 Å². The molecular formula is C12H11BrN2O2. The summed E-state index contributed by atoms with van der Waals surface area (Å²) in [5.41, 5.74) is 2.44. The van der Waals surface area contributed by atoms with Crippen molar-refractivity contribution in [2.24, 2.45) is 0 Å². The molecule has 0 bridgehead atoms. The predicted molar refractivity (Wildman–Crippen MR) is 70.5 cm³/mol. The van der Waals surface area contributed by atoms with Gasteiger partial charge in [0.2, 0.25) is 6.20 Å². The summed E-state index contributed by atoms with van der Waals surface area (Å²) >= 11 is 3.52. The van der Waals surface area contributed by atoms with E-state index in [1.807, 2.05) is 18.3 Å². The van der Waals surface area contributed by atoms with Crippen LogP contribution in [0.2, 0.25) is 0 Å². The number of fused-ring (bicyclic) bond motifs is 1. The lowest BCUT2D eigenvalue weighted by Gasteiger charge is -2.13. The molecule has 0 radical (unpaired) electrons. The molecule has 0 unspecified atom stereocenters. The van der Waals surface area contributed by atoms with Gasteiger partial charge in [0.1, 0.15) is 0 Å². The first-order chi connectivity index (χ1) is 8.18. The lowest BCUT2D eigenvalue weighted by molar-refractivity contribution is -0.402. The SMILES string of the molecule is O=[N+]([O-])C=CC=CN1CCc2c(Br)cccc21. The molecule has 5 heteroatoms. The van der Waals surface area contributed by atoms with Crippen LogP contribution >= 0.6 is 15.9 Å². The molecule has 0 N–H and O–H groups in total. The van der Waals surface area contributed by atoms with E-state index in [1.165, 1.54) is 11.6 Å². The third-order valence-electron chi connectivity index (χ3n) is 2.59. The summed E-state index contributed by atoms with van der Waals surface area (Å²) in [5, 5.41) is 10.1. The van der Waals surface area contributed by atoms with E-state index in [-0.39, 0.29) is 0 Å². The summed E-state index contributed by atoms with van der Waals surface area (Å²) < 4.78 is 1.12. The molecule has 1 aromatic carbocycles. The van der Waals surface area contributed by atoms with Crippen molar-refractivity contribution in [1.29, 1.82) is 0 Å². The molecule has 1 heterocycles. The highest BCUT2D eigenvalue weighted by molar-refractivity contribution is 9.10. The van der Waals surface area contributed by atoms with Crippen LogP contribution in [0.4, 0.5) is 5.69 Å². The van der Waals surface area contributed by atoms with E-state index >= 15 is 0 Å². The molecule has 0 aliphatic carbocycles. The topological polar surface area (TPSA) is 46.4 Å². The van der Waals surface area contributed by atoms with Crippen molar-refractivity contribution >= 4 is 21.6 Å². The van der Waals surface area contributed by atoms with Crippen LogP contribution < -0.4 is 4.90 Å². The minimum atomic E-state index is -0.473. The van der Waals surface area contributed by atoms with Crippen LogP contribution in [0.3, 0.4) is 0 Å². The van der Waals surface area contributed by atoms with Gasteiger partial charge in [-0.15, -0.1) is 0 Å². The van der Waals surface area contributed by atoms with Gasteiger partial charge < -0.3 is 4.90 Å². The molecule has 0 fully saturated rings. The number of allylic oxidation sites excluding steroid dienone is 2. The molecule has 1 aliphatic heterocycles. The minimum Gasteiger partial charge on any atom is -0.347 e. The van der Waals surface area contributed by atoms with Crippen LogP contribution in [0.1, 0.15) is 5.56 Å². The summed E-state index contributed by atoms with van der Waals surface area (Å²) in [7, 11) is 0. The zero-order chi connectivity index (χ0) is 12.3. The van der Waals surface area contributed by atoms with Crippen molar-refractivity contribution in [3.8, 4) is 0 Å². The first-order valence-corrected chi connectivity index (χ1v) is 6.00. The Balaban J connectivity index is 2.12. The van der Waals surface area contributed by atoms with Gasteiger partial charge in [-0.2, -0.15) is 0 Å². The van der Waals surface area contributed by atoms with E-state index in [0.29, 0.717) is 0 Å². The third-order valence-corrected chi connectivity index (χ3v) is 3.33. The Bertz CT molecular complexity index is 497. The number of hydrogen-bond donors (Lipinski definition) is 0. The Morgan fingerprint density at radius 3 is 3.00 bits per heavy atom. The van der Waals surface area contributed by atoms with E-state index in [2.05, 4.69) is 26.9 Å². The number of halogens is 1. The second kappa shape index (κ2) is 5.14. The molecule has 0 aromatic heterocycles. The molecule has 0 spiro atoms. The van der Waals surface area contributed by atoms with Crippen LogP contribution in [0.15, 0.2) is 47.2 Å². The molecule has 88 valence electrons. The van der Waals surface area contributed by atoms with Crippen LogP contribution in [0, 0.1) is 10.1 Å². The Morgan fingerprint density at radius 2 is 2.24 bits per heavy atom. The molecule has 4 nitrogen and oxygen atoms in total. The van der Waals surface area contributed by atoms with E-state index in [0.717, 1.165) is 29.3 Å². The van der Waals surface area contributed by atoms with Crippen molar-refractivity contribution in [2.45, 2.75) is 6.42 Å². The number of benzene rings is 1. The summed E-state index contributed by atoms with van der Waals surface area (Å²) in [5.74, 6) is 0. The lowest BCUT2D eigenvalue weighted by atomic mass is 10.2. The van der Waals surface area contributed by atoms with E-state index in [4.69, 9.17) is 0 Å². The highest BCUT2D eigenvalue weighted by Gasteiger charge is 2.18. The van der Waals surface area contributed by atoms with Crippen molar-refractivity contribution < 1.29 is 4.92 Å². The summed E-state index contributed by atoms with van der Waals surface area (Å²) in [6.45, 7) is 0.904. The van der Waals surface area contributed by atoms with Gasteiger partial charge in [-0.05, 0) is 30.2 Å². The van der Waals surface area contributed by atoms with Crippen LogP contribution in [0.5, 0.6) is 0 Å². The zero-order valence-corrected chi connectivity index (χ0v) is 10.6. The van der Waals surface area contributed by atoms with Gasteiger partial charge in [-0.1, -0.05) is 22.0 Å². The standard InChI is InChI=1S/C12H11BrN2O2/c13-11-4-3-5-12-10(11)6-9-14(12)7-1-2-8-15(16)17/h1-5,7-8H,6,9H2. The van der Waals surface area contributed by atoms with Crippen LogP contribution in [0.25, 0.3) is 0 Å². The van der Waals surface area contributed by atoms with Gasteiger partial charge in [0.15, 0.2) is 0 Å². The van der Waals surface area contributed by atoms with E-state index in [1.54, 1.807) is 6.08 Å². The molecule has 17 heavy (non-hydrogen) atoms. The van der Waals surface area contributed by atoms with Crippen LogP contribution in [-0.4, -0.2) is 11.5 Å². The normalized spacial score (nSPS) is 14.8. The second-order valence-corrected chi connectivity index (χ2v) is 4.50. The van der Waals surface area contributed by atoms with Gasteiger partial charge in [0.05, 0.1) is 4.92 Å². The van der Waals surface area contributed by atoms with Gasteiger partial charge in [0.25, 0.3) is 0 Å². The van der Waals surface area contributed by atoms with Crippen molar-refractivity contribution in [3.63, 3.8) is 0 Å². The number of anilines is 1. The van der Waals surface area contributed by atoms with Crippen LogP contribution in [-0.2, 0) is 6.42 Å². The smallest absolute Gasteiger partial charge is 0.234 e. The van der Waals surface area contributed by atoms with Gasteiger partial charge >= 0.3 is 0 Å². The fourth-order valence-electron chi connectivity index (χ4n) is 1.84. The Kier molecular flexibility index (Phi) is 3.58. The molecule has 1 aromatic rings. The molecule has 1 aliphatic rings. The first kappa shape index (κ1) is 11.9. The quantitative estimate of drug-likeness (QED) is 0.489. The fourth-order valence-corrected chi connectivity index (χ4v) is 2.40. The first-order valence-electron chi connectivity index (χ1n) is 5.21. The monoisotopic (exact) mass is 294 g/mol. The molecular weight excluding hydrogens is 284 g/mol. The average Bonchev–Trinajstić information content (AvgIpc) is 2.69. The maximum Gasteiger partial charge on any atom is 0.234 e. The molecule has 0 atom stereocenters. The summed E-state index contributed by atoms with van der Waals surface area (Å²) in [6, 6.07) is 6.06. The van der Waals surface area contributed by atoms with Gasteiger partial charge in [-0.25, -0.2) is 0 Å². The number of nitrogens with zero attached hydrogens (tertiary/aromatic N) is 2. The molecule has 2 rings (SSSR count). The molecule has 0 amide bonds. The lowest BCUT2D eigenvalue weighted by Crippen LogP contribution is -2.11. The Labute approximate surface area is 108 Å². The van der Waals surface area contributed by atoms with Crippen molar-refractivity contribution in [2.75, 3.05) is 11.4 Å². The third kappa shape index (κ3) is 2.74. The maximum atomic E-state index is 10.1. The maximum absolute atomic E-state index is 10.1. The number of hydrogen-bond acceptors (Lipinski definition) is 3. The highest BCUT2D eigenvalue weighted by Crippen LogP contribution is 2.33. The van der Waals surface area contributed by atoms with Crippen molar-refractivity contribution in [1.82, 2.24) is 0 Å². The Morgan fingerprint density at radius 1 is 1.41 bits per heavy atom. The van der Waals surface area contributed by atoms with Gasteiger partial charge in [-0.3, -0.25) is 10.1 Å². The number of nitro groups is 1. The minimum absolute atomic E-state index is 0.473. The average molecular weight is 295 g/mol. The zero-order valence-electron chi connectivity index (χ0n) is 9.04. The Hall–Kier alpha value is -1.62. The molecule has 0 saturated heterocycles. The van der Waals surface area contributed by atoms with Gasteiger partial charge in [0, 0.05) is 29.0 Å².